The average Bonchev–Trinajstić information content (AvgIpc) is 2.65. The highest BCUT2D eigenvalue weighted by Gasteiger charge is 2.02. The first kappa shape index (κ1) is 10.2. The Hall–Kier alpha value is -1.34. The minimum atomic E-state index is 0.398. The molecule has 78 valence electrons. The molecule has 0 fully saturated rings. The lowest BCUT2D eigenvalue weighted by molar-refractivity contribution is 0.984. The number of thioether (sulfide) groups is 1. The maximum atomic E-state index is 5.55. The van der Waals surface area contributed by atoms with Gasteiger partial charge in [0.25, 0.3) is 0 Å². The van der Waals surface area contributed by atoms with E-state index in [2.05, 4.69) is 15.0 Å². The van der Waals surface area contributed by atoms with E-state index in [-0.39, 0.29) is 0 Å². The zero-order valence-electron chi connectivity index (χ0n) is 7.75. The van der Waals surface area contributed by atoms with Gasteiger partial charge in [-0.1, -0.05) is 11.8 Å². The van der Waals surface area contributed by atoms with Crippen LogP contribution in [0.15, 0.2) is 22.9 Å². The maximum absolute atomic E-state index is 5.55. The predicted molar refractivity (Wildman–Crippen MR) is 62.5 cm³/mol. The van der Waals surface area contributed by atoms with Gasteiger partial charge in [-0.15, -0.1) is 11.3 Å². The molecule has 2 heterocycles. The lowest BCUT2D eigenvalue weighted by Gasteiger charge is -2.00. The van der Waals surface area contributed by atoms with E-state index in [4.69, 9.17) is 11.5 Å². The molecule has 0 saturated carbocycles. The molecule has 0 aliphatic rings. The molecule has 0 amide bonds. The monoisotopic (exact) mass is 239 g/mol. The van der Waals surface area contributed by atoms with Crippen LogP contribution in [0.2, 0.25) is 0 Å². The lowest BCUT2D eigenvalue weighted by atomic mass is 10.5. The summed E-state index contributed by atoms with van der Waals surface area (Å²) in [6, 6.07) is 1.54. The van der Waals surface area contributed by atoms with Crippen LogP contribution in [0.25, 0.3) is 0 Å². The molecule has 0 unspecified atom stereocenters. The Morgan fingerprint density at radius 1 is 1.27 bits per heavy atom. The lowest BCUT2D eigenvalue weighted by Crippen LogP contribution is -1.99. The second-order valence-electron chi connectivity index (χ2n) is 2.76. The molecule has 0 atom stereocenters. The number of aromatic nitrogens is 3. The summed E-state index contributed by atoms with van der Waals surface area (Å²) in [5, 5.41) is 0.598. The zero-order valence-corrected chi connectivity index (χ0v) is 9.38. The van der Waals surface area contributed by atoms with Crippen LogP contribution in [0.5, 0.6) is 0 Å². The summed E-state index contributed by atoms with van der Waals surface area (Å²) < 4.78 is 0. The van der Waals surface area contributed by atoms with E-state index in [1.807, 2.05) is 6.20 Å². The van der Waals surface area contributed by atoms with Crippen LogP contribution in [-0.2, 0) is 5.75 Å². The van der Waals surface area contributed by atoms with Crippen LogP contribution >= 0.6 is 23.1 Å². The normalized spacial score (nSPS) is 10.4. The molecule has 2 aromatic rings. The van der Waals surface area contributed by atoms with Gasteiger partial charge in [-0.2, -0.15) is 0 Å². The second kappa shape index (κ2) is 4.45. The third kappa shape index (κ3) is 2.80. The molecule has 15 heavy (non-hydrogen) atoms. The van der Waals surface area contributed by atoms with E-state index in [1.165, 1.54) is 22.7 Å². The van der Waals surface area contributed by atoms with Crippen molar-refractivity contribution in [2.24, 2.45) is 0 Å². The van der Waals surface area contributed by atoms with Crippen molar-refractivity contribution in [3.8, 4) is 0 Å². The van der Waals surface area contributed by atoms with Crippen molar-refractivity contribution in [1.29, 1.82) is 0 Å². The molecule has 7 heteroatoms. The zero-order chi connectivity index (χ0) is 10.7. The van der Waals surface area contributed by atoms with Gasteiger partial charge in [-0.05, 0) is 0 Å². The Bertz CT molecular complexity index is 422. The molecular formula is C8H9N5S2. The summed E-state index contributed by atoms with van der Waals surface area (Å²) in [4.78, 5) is 13.3. The second-order valence-corrected chi connectivity index (χ2v) is 4.67. The molecule has 0 aromatic carbocycles. The highest BCUT2D eigenvalue weighted by molar-refractivity contribution is 7.98. The number of thiazole rings is 1. The molecule has 4 N–H and O–H groups in total. The third-order valence-corrected chi connectivity index (χ3v) is 3.43. The van der Waals surface area contributed by atoms with Gasteiger partial charge in [0.15, 0.2) is 5.16 Å². The number of hydrogen-bond donors (Lipinski definition) is 2. The van der Waals surface area contributed by atoms with Gasteiger partial charge in [-0.3, -0.25) is 4.98 Å². The Labute approximate surface area is 95.0 Å². The number of nitrogen functional groups attached to an aromatic ring is 2. The Morgan fingerprint density at radius 3 is 2.60 bits per heavy atom. The molecule has 0 saturated heterocycles. The smallest absolute Gasteiger partial charge is 0.191 e. The molecule has 2 aromatic heterocycles. The summed E-state index contributed by atoms with van der Waals surface area (Å²) in [7, 11) is 0. The molecule has 0 aliphatic carbocycles. The fraction of sp³-hybridized carbons (Fsp3) is 0.125. The van der Waals surface area contributed by atoms with Crippen LogP contribution in [0, 0.1) is 0 Å². The topological polar surface area (TPSA) is 90.7 Å². The fourth-order valence-corrected chi connectivity index (χ4v) is 2.49. The van der Waals surface area contributed by atoms with Crippen LogP contribution in [-0.4, -0.2) is 15.0 Å². The number of rotatable bonds is 3. The summed E-state index contributed by atoms with van der Waals surface area (Å²) >= 11 is 3.10. The third-order valence-electron chi connectivity index (χ3n) is 1.57. The summed E-state index contributed by atoms with van der Waals surface area (Å²) in [5.41, 5.74) is 12.9. The van der Waals surface area contributed by atoms with Crippen molar-refractivity contribution in [3.05, 3.63) is 22.7 Å². The van der Waals surface area contributed by atoms with Gasteiger partial charge in [0.1, 0.15) is 11.6 Å². The van der Waals surface area contributed by atoms with Gasteiger partial charge in [0.2, 0.25) is 0 Å². The van der Waals surface area contributed by atoms with Gasteiger partial charge >= 0.3 is 0 Å². The summed E-state index contributed by atoms with van der Waals surface area (Å²) in [5.74, 6) is 1.58. The van der Waals surface area contributed by atoms with Gasteiger partial charge in [-0.25, -0.2) is 9.97 Å². The maximum Gasteiger partial charge on any atom is 0.191 e. The number of hydrogen-bond acceptors (Lipinski definition) is 7. The highest BCUT2D eigenvalue weighted by Crippen LogP contribution is 2.22. The SMILES string of the molecule is Nc1cc(N)nc(SCc2cncs2)n1. The van der Waals surface area contributed by atoms with Crippen molar-refractivity contribution in [2.75, 3.05) is 11.5 Å². The van der Waals surface area contributed by atoms with Crippen LogP contribution < -0.4 is 11.5 Å². The minimum absolute atomic E-state index is 0.398. The van der Waals surface area contributed by atoms with E-state index in [0.29, 0.717) is 16.8 Å². The molecule has 0 bridgehead atoms. The number of nitrogens with two attached hydrogens (primary N) is 2. The molecule has 2 rings (SSSR count). The highest BCUT2D eigenvalue weighted by atomic mass is 32.2. The molecule has 0 aliphatic heterocycles. The van der Waals surface area contributed by atoms with Crippen LogP contribution in [0.4, 0.5) is 11.6 Å². The molecule has 0 spiro atoms. The van der Waals surface area contributed by atoms with E-state index in [0.717, 1.165) is 5.75 Å². The minimum Gasteiger partial charge on any atom is -0.383 e. The molecule has 0 radical (unpaired) electrons. The van der Waals surface area contributed by atoms with Crippen molar-refractivity contribution >= 4 is 34.7 Å². The first-order chi connectivity index (χ1) is 7.24. The Kier molecular flexibility index (Phi) is 3.02. The largest absolute Gasteiger partial charge is 0.383 e. The Balaban J connectivity index is 2.05. The van der Waals surface area contributed by atoms with E-state index < -0.39 is 0 Å². The van der Waals surface area contributed by atoms with Gasteiger partial charge in [0, 0.05) is 22.9 Å². The van der Waals surface area contributed by atoms with Gasteiger partial charge < -0.3 is 11.5 Å². The number of anilines is 2. The van der Waals surface area contributed by atoms with Crippen molar-refractivity contribution < 1.29 is 0 Å². The molecule has 5 nitrogen and oxygen atoms in total. The van der Waals surface area contributed by atoms with E-state index >= 15 is 0 Å². The number of nitrogens with zero attached hydrogens (tertiary/aromatic N) is 3. The Morgan fingerprint density at radius 2 is 2.00 bits per heavy atom. The predicted octanol–water partition coefficient (Wildman–Crippen LogP) is 1.39. The fourth-order valence-electron chi connectivity index (χ4n) is 0.976. The van der Waals surface area contributed by atoms with Crippen LogP contribution in [0.3, 0.4) is 0 Å². The quantitative estimate of drug-likeness (QED) is 0.621. The molecular weight excluding hydrogens is 230 g/mol. The van der Waals surface area contributed by atoms with Crippen molar-refractivity contribution in [3.63, 3.8) is 0 Å². The standard InChI is InChI=1S/C8H9N5S2/c9-6-1-7(10)13-8(12-6)14-3-5-2-11-4-15-5/h1-2,4H,3H2,(H4,9,10,12,13). The first-order valence-electron chi connectivity index (χ1n) is 4.14. The van der Waals surface area contributed by atoms with E-state index in [9.17, 15) is 0 Å². The van der Waals surface area contributed by atoms with Crippen molar-refractivity contribution in [2.45, 2.75) is 10.9 Å². The average molecular weight is 239 g/mol. The van der Waals surface area contributed by atoms with Crippen molar-refractivity contribution in [1.82, 2.24) is 15.0 Å². The van der Waals surface area contributed by atoms with Gasteiger partial charge in [0.05, 0.1) is 5.51 Å². The summed E-state index contributed by atoms with van der Waals surface area (Å²) in [6.07, 6.45) is 1.83. The summed E-state index contributed by atoms with van der Waals surface area (Å²) in [6.45, 7) is 0. The van der Waals surface area contributed by atoms with E-state index in [1.54, 1.807) is 16.8 Å². The first-order valence-corrected chi connectivity index (χ1v) is 6.01. The van der Waals surface area contributed by atoms with Crippen LogP contribution in [0.1, 0.15) is 4.88 Å².